The molecule has 5 heteroatoms. The second-order valence-corrected chi connectivity index (χ2v) is 5.19. The summed E-state index contributed by atoms with van der Waals surface area (Å²) in [5, 5.41) is 3.52. The lowest BCUT2D eigenvalue weighted by atomic mass is 10.1. The van der Waals surface area contributed by atoms with Crippen molar-refractivity contribution in [2.75, 3.05) is 17.6 Å². The molecule has 108 valence electrons. The van der Waals surface area contributed by atoms with E-state index in [4.69, 9.17) is 17.3 Å². The minimum atomic E-state index is 0.313. The second kappa shape index (κ2) is 9.84. The molecular weight excluding hydrogens is 260 g/mol. The number of hydrogen-bond donors (Lipinski definition) is 2. The van der Waals surface area contributed by atoms with E-state index in [1.54, 1.807) is 0 Å². The molecule has 0 saturated carbocycles. The number of nitrogen functional groups attached to an aromatic ring is 1. The van der Waals surface area contributed by atoms with Crippen molar-refractivity contribution in [3.8, 4) is 0 Å². The molecule has 1 rings (SSSR count). The smallest absolute Gasteiger partial charge is 0.157 e. The van der Waals surface area contributed by atoms with Crippen LogP contribution in [0.1, 0.15) is 58.3 Å². The van der Waals surface area contributed by atoms with E-state index in [9.17, 15) is 0 Å². The van der Waals surface area contributed by atoms with Gasteiger partial charge in [0.1, 0.15) is 12.0 Å². The monoisotopic (exact) mass is 284 g/mol. The van der Waals surface area contributed by atoms with E-state index in [0.717, 1.165) is 13.0 Å². The Labute approximate surface area is 121 Å². The van der Waals surface area contributed by atoms with Gasteiger partial charge in [-0.2, -0.15) is 0 Å². The molecule has 3 N–H and O–H groups in total. The third-order valence-corrected chi connectivity index (χ3v) is 3.46. The minimum absolute atomic E-state index is 0.313. The van der Waals surface area contributed by atoms with Crippen LogP contribution in [0, 0.1) is 0 Å². The number of halogens is 1. The van der Waals surface area contributed by atoms with Crippen molar-refractivity contribution < 1.29 is 0 Å². The van der Waals surface area contributed by atoms with E-state index in [-0.39, 0.29) is 0 Å². The fraction of sp³-hybridized carbons (Fsp3) is 0.714. The largest absolute Gasteiger partial charge is 0.393 e. The van der Waals surface area contributed by atoms with E-state index >= 15 is 0 Å². The Morgan fingerprint density at radius 1 is 1.05 bits per heavy atom. The molecule has 0 unspecified atom stereocenters. The van der Waals surface area contributed by atoms with Gasteiger partial charge < -0.3 is 11.1 Å². The van der Waals surface area contributed by atoms with Gasteiger partial charge in [0, 0.05) is 6.54 Å². The lowest BCUT2D eigenvalue weighted by Gasteiger charge is -2.08. The van der Waals surface area contributed by atoms with E-state index in [1.807, 2.05) is 0 Å². The van der Waals surface area contributed by atoms with E-state index < -0.39 is 0 Å². The molecule has 0 spiro atoms. The summed E-state index contributed by atoms with van der Waals surface area (Å²) in [6.45, 7) is 3.13. The SMILES string of the molecule is CCCCCCCCCCNc1ncnc(Cl)c1N. The van der Waals surface area contributed by atoms with Crippen molar-refractivity contribution in [1.29, 1.82) is 0 Å². The number of anilines is 2. The third-order valence-electron chi connectivity index (χ3n) is 3.16. The molecule has 0 aliphatic carbocycles. The van der Waals surface area contributed by atoms with Gasteiger partial charge in [-0.15, -0.1) is 0 Å². The molecule has 0 saturated heterocycles. The van der Waals surface area contributed by atoms with E-state index in [0.29, 0.717) is 16.7 Å². The number of rotatable bonds is 10. The van der Waals surface area contributed by atoms with Crippen molar-refractivity contribution >= 4 is 23.1 Å². The maximum absolute atomic E-state index is 5.82. The Balaban J connectivity index is 2.03. The number of aromatic nitrogens is 2. The van der Waals surface area contributed by atoms with Gasteiger partial charge in [0.15, 0.2) is 11.0 Å². The number of nitrogens with two attached hydrogens (primary N) is 1. The zero-order chi connectivity index (χ0) is 13.9. The molecule has 1 aromatic rings. The highest BCUT2D eigenvalue weighted by atomic mass is 35.5. The Morgan fingerprint density at radius 2 is 1.68 bits per heavy atom. The van der Waals surface area contributed by atoms with E-state index in [2.05, 4.69) is 22.2 Å². The molecule has 1 aromatic heterocycles. The van der Waals surface area contributed by atoms with Gasteiger partial charge in [-0.1, -0.05) is 63.5 Å². The second-order valence-electron chi connectivity index (χ2n) is 4.83. The fourth-order valence-corrected chi connectivity index (χ4v) is 2.11. The molecular formula is C14H25ClN4. The summed E-state index contributed by atoms with van der Waals surface area (Å²) in [5.41, 5.74) is 6.21. The van der Waals surface area contributed by atoms with Crippen LogP contribution in [-0.4, -0.2) is 16.5 Å². The predicted molar refractivity (Wildman–Crippen MR) is 82.6 cm³/mol. The van der Waals surface area contributed by atoms with Crippen molar-refractivity contribution in [3.05, 3.63) is 11.5 Å². The molecule has 4 nitrogen and oxygen atoms in total. The molecule has 0 aliphatic heterocycles. The highest BCUT2D eigenvalue weighted by Gasteiger charge is 2.04. The number of hydrogen-bond acceptors (Lipinski definition) is 4. The molecule has 0 radical (unpaired) electrons. The molecule has 0 atom stereocenters. The lowest BCUT2D eigenvalue weighted by Crippen LogP contribution is -2.07. The zero-order valence-corrected chi connectivity index (χ0v) is 12.5. The maximum Gasteiger partial charge on any atom is 0.157 e. The Hall–Kier alpha value is -1.03. The average molecular weight is 285 g/mol. The van der Waals surface area contributed by atoms with Gasteiger partial charge in [-0.25, -0.2) is 9.97 Å². The van der Waals surface area contributed by atoms with Gasteiger partial charge >= 0.3 is 0 Å². The summed E-state index contributed by atoms with van der Waals surface area (Å²) in [5.74, 6) is 0.642. The van der Waals surface area contributed by atoms with Crippen LogP contribution < -0.4 is 11.1 Å². The van der Waals surface area contributed by atoms with Gasteiger partial charge in [-0.3, -0.25) is 0 Å². The van der Waals surface area contributed by atoms with Crippen LogP contribution in [-0.2, 0) is 0 Å². The Bertz CT molecular complexity index is 357. The first-order valence-electron chi connectivity index (χ1n) is 7.25. The van der Waals surface area contributed by atoms with Crippen LogP contribution >= 0.6 is 11.6 Å². The van der Waals surface area contributed by atoms with Crippen LogP contribution in [0.3, 0.4) is 0 Å². The topological polar surface area (TPSA) is 63.8 Å². The van der Waals surface area contributed by atoms with Gasteiger partial charge in [-0.05, 0) is 6.42 Å². The summed E-state index contributed by atoms with van der Waals surface area (Å²) < 4.78 is 0. The number of nitrogens with one attached hydrogen (secondary N) is 1. The fourth-order valence-electron chi connectivity index (χ4n) is 1.98. The highest BCUT2D eigenvalue weighted by molar-refractivity contribution is 6.32. The first kappa shape index (κ1) is 16.0. The van der Waals surface area contributed by atoms with Crippen LogP contribution in [0.5, 0.6) is 0 Å². The predicted octanol–water partition coefficient (Wildman–Crippen LogP) is 4.26. The molecule has 0 amide bonds. The van der Waals surface area contributed by atoms with Crippen molar-refractivity contribution in [1.82, 2.24) is 9.97 Å². The van der Waals surface area contributed by atoms with Crippen LogP contribution in [0.2, 0.25) is 5.15 Å². The zero-order valence-electron chi connectivity index (χ0n) is 11.8. The van der Waals surface area contributed by atoms with Crippen LogP contribution in [0.4, 0.5) is 11.5 Å². The third kappa shape index (κ3) is 6.62. The van der Waals surface area contributed by atoms with Gasteiger partial charge in [0.05, 0.1) is 0 Å². The van der Waals surface area contributed by atoms with Gasteiger partial charge in [0.2, 0.25) is 0 Å². The average Bonchev–Trinajstić information content (AvgIpc) is 2.41. The molecule has 0 aromatic carbocycles. The van der Waals surface area contributed by atoms with Crippen molar-refractivity contribution in [2.45, 2.75) is 58.3 Å². The quantitative estimate of drug-likeness (QED) is 0.497. The first-order chi connectivity index (χ1) is 9.25. The first-order valence-corrected chi connectivity index (χ1v) is 7.63. The van der Waals surface area contributed by atoms with Crippen molar-refractivity contribution in [3.63, 3.8) is 0 Å². The summed E-state index contributed by atoms with van der Waals surface area (Å²) in [4.78, 5) is 7.90. The normalized spacial score (nSPS) is 10.6. The molecule has 0 aliphatic rings. The molecule has 0 bridgehead atoms. The lowest BCUT2D eigenvalue weighted by molar-refractivity contribution is 0.581. The van der Waals surface area contributed by atoms with Crippen LogP contribution in [0.25, 0.3) is 0 Å². The molecule has 1 heterocycles. The Morgan fingerprint density at radius 3 is 2.37 bits per heavy atom. The Kier molecular flexibility index (Phi) is 8.30. The van der Waals surface area contributed by atoms with Gasteiger partial charge in [0.25, 0.3) is 0 Å². The minimum Gasteiger partial charge on any atom is -0.393 e. The summed E-state index contributed by atoms with van der Waals surface area (Å²) in [6.07, 6.45) is 11.9. The van der Waals surface area contributed by atoms with Crippen molar-refractivity contribution in [2.24, 2.45) is 0 Å². The summed E-state index contributed by atoms with van der Waals surface area (Å²) in [7, 11) is 0. The standard InChI is InChI=1S/C14H25ClN4/c1-2-3-4-5-6-7-8-9-10-17-14-12(16)13(15)18-11-19-14/h11H,2-10,16H2,1H3,(H,17,18,19). The summed E-state index contributed by atoms with van der Waals surface area (Å²) in [6, 6.07) is 0. The van der Waals surface area contributed by atoms with E-state index in [1.165, 1.54) is 51.3 Å². The highest BCUT2D eigenvalue weighted by Crippen LogP contribution is 2.21. The van der Waals surface area contributed by atoms with Crippen LogP contribution in [0.15, 0.2) is 6.33 Å². The summed E-state index contributed by atoms with van der Waals surface area (Å²) >= 11 is 5.82. The maximum atomic E-state index is 5.82. The number of unbranched alkanes of at least 4 members (excludes halogenated alkanes) is 7. The molecule has 19 heavy (non-hydrogen) atoms. The molecule has 0 fully saturated rings. The number of nitrogens with zero attached hydrogens (tertiary/aromatic N) is 2.